The van der Waals surface area contributed by atoms with Gasteiger partial charge in [0.15, 0.2) is 0 Å². The maximum Gasteiger partial charge on any atom is 2.00 e. The van der Waals surface area contributed by atoms with Gasteiger partial charge in [0.1, 0.15) is 5.84 Å². The van der Waals surface area contributed by atoms with Gasteiger partial charge in [-0.3, -0.25) is 5.41 Å². The Morgan fingerprint density at radius 2 is 1.71 bits per heavy atom. The first-order chi connectivity index (χ1) is 5.13. The number of halogens is 2. The number of nitrogens with one attached hydrogen (secondary N) is 1. The minimum Gasteiger partial charge on any atom is -1.00 e. The predicted octanol–water partition coefficient (Wildman–Crippen LogP) is -4.41. The molecule has 5 heteroatoms. The van der Waals surface area contributed by atoms with E-state index in [4.69, 9.17) is 11.1 Å². The number of rotatable bonds is 1. The average molecular weight is 398 g/mol. The second-order valence-corrected chi connectivity index (χ2v) is 2.66. The Morgan fingerprint density at radius 3 is 2.07 bits per heavy atom. The second-order valence-electron chi connectivity index (χ2n) is 2.66. The molecular weight excluding hydrogens is 386 g/mol. The van der Waals surface area contributed by atoms with Crippen molar-refractivity contribution in [2.45, 2.75) is 13.8 Å². The summed E-state index contributed by atoms with van der Waals surface area (Å²) in [5, 5.41) is 7.25. The van der Waals surface area contributed by atoms with E-state index < -0.39 is 0 Å². The summed E-state index contributed by atoms with van der Waals surface area (Å²) in [6.45, 7) is 3.99. The Hall–Kier alpha value is 0.140. The average Bonchev–Trinajstić information content (AvgIpc) is 1.94. The number of hydrogen-bond acceptors (Lipinski definition) is 1. The molecule has 76 valence electrons. The van der Waals surface area contributed by atoms with Crippen LogP contribution in [0.15, 0.2) is 18.2 Å². The summed E-state index contributed by atoms with van der Waals surface area (Å²) in [6, 6.07) is 5.80. The normalized spacial score (nSPS) is 7.57. The SMILES string of the molecule is Cc1cccc(C(=N)N)c1C.[Cl-].[Cl-].[Hf+2]. The molecule has 0 amide bonds. The zero-order valence-electron chi connectivity index (χ0n) is 8.07. The number of amidine groups is 1. The Kier molecular flexibility index (Phi) is 11.9. The van der Waals surface area contributed by atoms with E-state index in [2.05, 4.69) is 0 Å². The first kappa shape index (κ1) is 19.7. The van der Waals surface area contributed by atoms with Crippen LogP contribution >= 0.6 is 0 Å². The van der Waals surface area contributed by atoms with Crippen molar-refractivity contribution in [3.05, 3.63) is 34.9 Å². The molecule has 3 N–H and O–H groups in total. The van der Waals surface area contributed by atoms with Gasteiger partial charge in [-0.1, -0.05) is 18.2 Å². The van der Waals surface area contributed by atoms with Crippen molar-refractivity contribution in [1.82, 2.24) is 0 Å². The van der Waals surface area contributed by atoms with Crippen molar-refractivity contribution in [2.75, 3.05) is 0 Å². The molecule has 1 aromatic rings. The maximum atomic E-state index is 7.25. The fraction of sp³-hybridized carbons (Fsp3) is 0.222. The molecule has 0 saturated carbocycles. The fourth-order valence-electron chi connectivity index (χ4n) is 1.04. The smallest absolute Gasteiger partial charge is 1.00 e. The van der Waals surface area contributed by atoms with Gasteiger partial charge >= 0.3 is 25.8 Å². The summed E-state index contributed by atoms with van der Waals surface area (Å²) in [6.07, 6.45) is 0. The van der Waals surface area contributed by atoms with Crippen LogP contribution in [0.2, 0.25) is 0 Å². The van der Waals surface area contributed by atoms with E-state index in [0.29, 0.717) is 0 Å². The Balaban J connectivity index is -0.000000403. The number of hydrogen-bond donors (Lipinski definition) is 2. The van der Waals surface area contributed by atoms with E-state index in [1.807, 2.05) is 32.0 Å². The van der Waals surface area contributed by atoms with Crippen molar-refractivity contribution in [3.63, 3.8) is 0 Å². The molecule has 0 aliphatic carbocycles. The molecule has 0 unspecified atom stereocenters. The molecule has 0 aliphatic heterocycles. The van der Waals surface area contributed by atoms with Gasteiger partial charge in [0, 0.05) is 5.56 Å². The molecule has 0 heterocycles. The third kappa shape index (κ3) is 4.58. The summed E-state index contributed by atoms with van der Waals surface area (Å²) >= 11 is 0. The monoisotopic (exact) mass is 398 g/mol. The molecule has 0 atom stereocenters. The summed E-state index contributed by atoms with van der Waals surface area (Å²) in [5.41, 5.74) is 8.48. The zero-order valence-corrected chi connectivity index (χ0v) is 13.2. The standard InChI is InChI=1S/C9H12N2.2ClH.Hf/c1-6-4-3-5-8(7(6)2)9(10)11;;;/h3-5H,1-2H3,(H3,10,11);2*1H;/q;;;+2/p-2. The van der Waals surface area contributed by atoms with E-state index in [-0.39, 0.29) is 56.5 Å². The van der Waals surface area contributed by atoms with Crippen LogP contribution in [0.4, 0.5) is 0 Å². The molecule has 0 aliphatic rings. The summed E-state index contributed by atoms with van der Waals surface area (Å²) in [5.74, 6) is 0.145. The van der Waals surface area contributed by atoms with Gasteiger partial charge in [0.05, 0.1) is 0 Å². The fourth-order valence-corrected chi connectivity index (χ4v) is 1.04. The zero-order chi connectivity index (χ0) is 8.43. The van der Waals surface area contributed by atoms with E-state index in [9.17, 15) is 0 Å². The topological polar surface area (TPSA) is 49.9 Å². The first-order valence-corrected chi connectivity index (χ1v) is 3.53. The van der Waals surface area contributed by atoms with Gasteiger partial charge in [0.2, 0.25) is 0 Å². The molecule has 0 bridgehead atoms. The third-order valence-corrected chi connectivity index (χ3v) is 1.89. The van der Waals surface area contributed by atoms with Gasteiger partial charge in [-0.15, -0.1) is 0 Å². The van der Waals surface area contributed by atoms with Gasteiger partial charge in [-0.2, -0.15) is 0 Å². The van der Waals surface area contributed by atoms with E-state index in [0.717, 1.165) is 11.1 Å². The van der Waals surface area contributed by atoms with Crippen molar-refractivity contribution < 1.29 is 50.7 Å². The second kappa shape index (κ2) is 8.45. The van der Waals surface area contributed by atoms with Crippen LogP contribution in [0.1, 0.15) is 16.7 Å². The van der Waals surface area contributed by atoms with Crippen LogP contribution in [0.3, 0.4) is 0 Å². The van der Waals surface area contributed by atoms with Gasteiger partial charge < -0.3 is 30.5 Å². The number of nitrogen functional groups attached to an aromatic ring is 1. The molecule has 0 spiro atoms. The van der Waals surface area contributed by atoms with E-state index in [1.54, 1.807) is 0 Å². The predicted molar refractivity (Wildman–Crippen MR) is 46.9 cm³/mol. The molecule has 1 rings (SSSR count). The molecule has 0 aromatic heterocycles. The molecule has 0 saturated heterocycles. The molecular formula is C9H12Cl2HfN2. The van der Waals surface area contributed by atoms with Gasteiger partial charge in [0.25, 0.3) is 0 Å². The summed E-state index contributed by atoms with van der Waals surface area (Å²) < 4.78 is 0. The number of aryl methyl sites for hydroxylation is 1. The largest absolute Gasteiger partial charge is 2.00 e. The Bertz CT molecular complexity index is 303. The van der Waals surface area contributed by atoms with Crippen LogP contribution in [0.25, 0.3) is 0 Å². The van der Waals surface area contributed by atoms with Crippen LogP contribution < -0.4 is 30.5 Å². The van der Waals surface area contributed by atoms with E-state index in [1.165, 1.54) is 5.56 Å². The Morgan fingerprint density at radius 1 is 1.21 bits per heavy atom. The van der Waals surface area contributed by atoms with Crippen LogP contribution in [0, 0.1) is 19.3 Å². The number of nitrogens with two attached hydrogens (primary N) is 1. The van der Waals surface area contributed by atoms with Crippen molar-refractivity contribution in [2.24, 2.45) is 5.73 Å². The van der Waals surface area contributed by atoms with Crippen molar-refractivity contribution >= 4 is 5.84 Å². The Labute approximate surface area is 116 Å². The van der Waals surface area contributed by atoms with Crippen LogP contribution in [0.5, 0.6) is 0 Å². The van der Waals surface area contributed by atoms with E-state index >= 15 is 0 Å². The van der Waals surface area contributed by atoms with Crippen molar-refractivity contribution in [3.8, 4) is 0 Å². The van der Waals surface area contributed by atoms with Crippen molar-refractivity contribution in [1.29, 1.82) is 5.41 Å². The van der Waals surface area contributed by atoms with Crippen LogP contribution in [-0.2, 0) is 25.8 Å². The minimum atomic E-state index is 0. The third-order valence-electron chi connectivity index (χ3n) is 1.89. The summed E-state index contributed by atoms with van der Waals surface area (Å²) in [7, 11) is 0. The first-order valence-electron chi connectivity index (χ1n) is 3.53. The minimum absolute atomic E-state index is 0. The quantitative estimate of drug-likeness (QED) is 0.281. The van der Waals surface area contributed by atoms with Gasteiger partial charge in [-0.05, 0) is 25.0 Å². The molecule has 0 fully saturated rings. The molecule has 0 radical (unpaired) electrons. The number of benzene rings is 1. The van der Waals surface area contributed by atoms with Crippen LogP contribution in [-0.4, -0.2) is 5.84 Å². The maximum absolute atomic E-state index is 7.25. The molecule has 14 heavy (non-hydrogen) atoms. The van der Waals surface area contributed by atoms with Gasteiger partial charge in [-0.25, -0.2) is 0 Å². The molecule has 1 aromatic carbocycles. The molecule has 2 nitrogen and oxygen atoms in total. The summed E-state index contributed by atoms with van der Waals surface area (Å²) in [4.78, 5) is 0.